The van der Waals surface area contributed by atoms with Crippen LogP contribution in [-0.4, -0.2) is 16.2 Å². The van der Waals surface area contributed by atoms with Crippen LogP contribution in [0.1, 0.15) is 13.8 Å². The minimum atomic E-state index is -1.00. The van der Waals surface area contributed by atoms with Gasteiger partial charge in [0, 0.05) is 7.11 Å². The van der Waals surface area contributed by atoms with Crippen molar-refractivity contribution in [2.45, 2.75) is 19.4 Å². The fourth-order valence-corrected chi connectivity index (χ4v) is 1.92. The van der Waals surface area contributed by atoms with Crippen molar-refractivity contribution >= 4 is 9.04 Å². The minimum absolute atomic E-state index is 0.678. The molecule has 0 amide bonds. The Morgan fingerprint density at radius 1 is 1.62 bits per heavy atom. The molecule has 0 aromatic rings. The highest BCUT2D eigenvalue weighted by atomic mass is 28.3. The molecule has 0 aromatic heterocycles. The maximum absolute atomic E-state index is 5.18. The first-order valence-corrected chi connectivity index (χ1v) is 4.68. The van der Waals surface area contributed by atoms with Crippen LogP contribution in [0.25, 0.3) is 0 Å². The molecule has 1 nitrogen and oxygen atoms in total. The van der Waals surface area contributed by atoms with Gasteiger partial charge in [-0.05, 0) is 5.54 Å². The van der Waals surface area contributed by atoms with Crippen molar-refractivity contribution in [3.05, 3.63) is 12.3 Å². The molecule has 0 aromatic carbocycles. The van der Waals surface area contributed by atoms with Crippen LogP contribution < -0.4 is 0 Å². The van der Waals surface area contributed by atoms with Crippen molar-refractivity contribution in [3.63, 3.8) is 0 Å². The largest absolute Gasteiger partial charge is 0.419 e. The monoisotopic (exact) mass is 130 g/mol. The highest BCUT2D eigenvalue weighted by Gasteiger charge is 2.08. The van der Waals surface area contributed by atoms with E-state index < -0.39 is 9.04 Å². The molecular formula is C6H14OSi. The van der Waals surface area contributed by atoms with E-state index in [2.05, 4.69) is 20.4 Å². The van der Waals surface area contributed by atoms with Crippen LogP contribution >= 0.6 is 0 Å². The summed E-state index contributed by atoms with van der Waals surface area (Å²) in [6.07, 6.45) is 0. The van der Waals surface area contributed by atoms with Crippen molar-refractivity contribution in [2.75, 3.05) is 7.11 Å². The van der Waals surface area contributed by atoms with E-state index in [1.54, 1.807) is 7.11 Å². The van der Waals surface area contributed by atoms with E-state index in [1.807, 2.05) is 5.70 Å². The summed E-state index contributed by atoms with van der Waals surface area (Å²) in [6, 6.07) is 0. The smallest absolute Gasteiger partial charge is 0.202 e. The lowest BCUT2D eigenvalue weighted by molar-refractivity contribution is 0.420. The third-order valence-corrected chi connectivity index (χ3v) is 3.48. The van der Waals surface area contributed by atoms with E-state index in [4.69, 9.17) is 4.43 Å². The summed E-state index contributed by atoms with van der Waals surface area (Å²) in [5, 5.41) is 0. The highest BCUT2D eigenvalue weighted by molar-refractivity contribution is 6.58. The van der Waals surface area contributed by atoms with Crippen LogP contribution in [0.3, 0.4) is 0 Å². The van der Waals surface area contributed by atoms with E-state index in [0.29, 0.717) is 5.54 Å². The van der Waals surface area contributed by atoms with Crippen LogP contribution in [0, 0.1) is 0 Å². The van der Waals surface area contributed by atoms with Crippen LogP contribution in [-0.2, 0) is 4.43 Å². The third kappa shape index (κ3) is 2.28. The quantitative estimate of drug-likeness (QED) is 0.526. The molecule has 0 aliphatic carbocycles. The standard InChI is InChI=1S/C6H14OSi/c1-5-8(7-4)6(2)3/h5-6,8H,1H2,2-4H3. The molecule has 0 bridgehead atoms. The first kappa shape index (κ1) is 7.92. The van der Waals surface area contributed by atoms with Crippen molar-refractivity contribution in [1.29, 1.82) is 0 Å². The molecule has 0 aliphatic rings. The first-order valence-electron chi connectivity index (χ1n) is 2.87. The van der Waals surface area contributed by atoms with Gasteiger partial charge in [-0.2, -0.15) is 0 Å². The van der Waals surface area contributed by atoms with Crippen LogP contribution in [0.2, 0.25) is 5.54 Å². The molecule has 0 heterocycles. The molecule has 0 saturated carbocycles. The average Bonchev–Trinajstić information content (AvgIpc) is 1.69. The Morgan fingerprint density at radius 2 is 2.12 bits per heavy atom. The zero-order chi connectivity index (χ0) is 6.57. The van der Waals surface area contributed by atoms with Crippen molar-refractivity contribution in [2.24, 2.45) is 0 Å². The van der Waals surface area contributed by atoms with Gasteiger partial charge in [-0.15, -0.1) is 6.58 Å². The topological polar surface area (TPSA) is 9.23 Å². The van der Waals surface area contributed by atoms with Crippen molar-refractivity contribution in [3.8, 4) is 0 Å². The Labute approximate surface area is 53.1 Å². The SMILES string of the molecule is C=C[SiH](OC)C(C)C. The zero-order valence-electron chi connectivity index (χ0n) is 5.85. The average molecular weight is 130 g/mol. The Morgan fingerprint density at radius 3 is 2.12 bits per heavy atom. The van der Waals surface area contributed by atoms with E-state index in [1.165, 1.54) is 0 Å². The third-order valence-electron chi connectivity index (χ3n) is 1.16. The Kier molecular flexibility index (Phi) is 3.82. The Bertz CT molecular complexity index is 70.9. The summed E-state index contributed by atoms with van der Waals surface area (Å²) in [4.78, 5) is 0. The van der Waals surface area contributed by atoms with Gasteiger partial charge in [0.1, 0.15) is 0 Å². The van der Waals surface area contributed by atoms with Gasteiger partial charge in [-0.1, -0.05) is 19.5 Å². The Hall–Kier alpha value is -0.0831. The predicted molar refractivity (Wildman–Crippen MR) is 39.5 cm³/mol. The van der Waals surface area contributed by atoms with E-state index in [-0.39, 0.29) is 0 Å². The molecule has 0 radical (unpaired) electrons. The first-order chi connectivity index (χ1) is 3.72. The van der Waals surface area contributed by atoms with Gasteiger partial charge in [0.15, 0.2) is 0 Å². The number of hydrogen-bond acceptors (Lipinski definition) is 1. The Balaban J connectivity index is 3.51. The lowest BCUT2D eigenvalue weighted by atomic mass is 10.6. The molecule has 1 atom stereocenters. The van der Waals surface area contributed by atoms with Gasteiger partial charge in [0.2, 0.25) is 9.04 Å². The summed E-state index contributed by atoms with van der Waals surface area (Å²) in [5.41, 5.74) is 2.64. The molecule has 0 N–H and O–H groups in total. The second-order valence-corrected chi connectivity index (χ2v) is 5.39. The summed E-state index contributed by atoms with van der Waals surface area (Å²) in [6.45, 7) is 8.03. The fourth-order valence-electron chi connectivity index (χ4n) is 0.641. The van der Waals surface area contributed by atoms with Gasteiger partial charge >= 0.3 is 0 Å². The number of hydrogen-bond donors (Lipinski definition) is 0. The normalized spacial score (nSPS) is 14.0. The lowest BCUT2D eigenvalue weighted by Crippen LogP contribution is -2.16. The van der Waals surface area contributed by atoms with Crippen molar-refractivity contribution in [1.82, 2.24) is 0 Å². The molecule has 48 valence electrons. The summed E-state index contributed by atoms with van der Waals surface area (Å²) in [7, 11) is 0.761. The minimum Gasteiger partial charge on any atom is -0.419 e. The molecule has 2 heteroatoms. The van der Waals surface area contributed by atoms with E-state index in [0.717, 1.165) is 0 Å². The fraction of sp³-hybridized carbons (Fsp3) is 0.667. The molecule has 0 spiro atoms. The van der Waals surface area contributed by atoms with Crippen molar-refractivity contribution < 1.29 is 4.43 Å². The van der Waals surface area contributed by atoms with E-state index >= 15 is 0 Å². The molecule has 8 heavy (non-hydrogen) atoms. The zero-order valence-corrected chi connectivity index (χ0v) is 7.00. The van der Waals surface area contributed by atoms with Gasteiger partial charge < -0.3 is 4.43 Å². The predicted octanol–water partition coefficient (Wildman–Crippen LogP) is 1.49. The molecule has 0 rings (SSSR count). The lowest BCUT2D eigenvalue weighted by Gasteiger charge is -2.10. The van der Waals surface area contributed by atoms with E-state index in [9.17, 15) is 0 Å². The summed E-state index contributed by atoms with van der Waals surface area (Å²) < 4.78 is 5.18. The van der Waals surface area contributed by atoms with Gasteiger partial charge in [0.25, 0.3) is 0 Å². The molecule has 1 unspecified atom stereocenters. The molecule has 0 fully saturated rings. The second-order valence-electron chi connectivity index (χ2n) is 2.18. The molecular weight excluding hydrogens is 116 g/mol. The summed E-state index contributed by atoms with van der Waals surface area (Å²) in [5.74, 6) is 0. The molecule has 0 aliphatic heterocycles. The van der Waals surface area contributed by atoms with Crippen LogP contribution in [0.15, 0.2) is 12.3 Å². The highest BCUT2D eigenvalue weighted by Crippen LogP contribution is 2.07. The summed E-state index contributed by atoms with van der Waals surface area (Å²) >= 11 is 0. The van der Waals surface area contributed by atoms with Gasteiger partial charge in [0.05, 0.1) is 0 Å². The van der Waals surface area contributed by atoms with Crippen LogP contribution in [0.4, 0.5) is 0 Å². The van der Waals surface area contributed by atoms with Gasteiger partial charge in [-0.3, -0.25) is 0 Å². The maximum Gasteiger partial charge on any atom is 0.202 e. The molecule has 0 saturated heterocycles. The maximum atomic E-state index is 5.18. The number of rotatable bonds is 3. The second kappa shape index (κ2) is 3.86. The van der Waals surface area contributed by atoms with Gasteiger partial charge in [-0.25, -0.2) is 0 Å². The van der Waals surface area contributed by atoms with Crippen LogP contribution in [0.5, 0.6) is 0 Å².